The van der Waals surface area contributed by atoms with Crippen molar-refractivity contribution < 1.29 is 9.90 Å². The molecule has 0 aliphatic carbocycles. The summed E-state index contributed by atoms with van der Waals surface area (Å²) in [4.78, 5) is 26.9. The van der Waals surface area contributed by atoms with Crippen LogP contribution in [-0.2, 0) is 5.54 Å². The number of aromatic hydroxyl groups is 1. The molecule has 4 rings (SSSR count). The van der Waals surface area contributed by atoms with Crippen LogP contribution >= 0.6 is 0 Å². The smallest absolute Gasteiger partial charge is 0.256 e. The van der Waals surface area contributed by atoms with Crippen molar-refractivity contribution in [2.45, 2.75) is 53.0 Å². The number of hydrogen-bond acceptors (Lipinski definition) is 6. The van der Waals surface area contributed by atoms with Crippen molar-refractivity contribution in [1.82, 2.24) is 24.7 Å². The molecule has 33 heavy (non-hydrogen) atoms. The topological polar surface area (TPSA) is 106 Å². The van der Waals surface area contributed by atoms with E-state index in [9.17, 15) is 9.90 Å². The van der Waals surface area contributed by atoms with Crippen LogP contribution in [0.3, 0.4) is 0 Å². The van der Waals surface area contributed by atoms with Crippen LogP contribution in [0, 0.1) is 6.92 Å². The van der Waals surface area contributed by atoms with Crippen molar-refractivity contribution in [3.05, 3.63) is 59.7 Å². The van der Waals surface area contributed by atoms with Gasteiger partial charge in [0.1, 0.15) is 5.75 Å². The number of anilines is 1. The molecule has 0 bridgehead atoms. The van der Waals surface area contributed by atoms with Crippen LogP contribution in [0.5, 0.6) is 5.75 Å². The number of carbonyl (C=O) groups excluding carboxylic acids is 1. The number of nitrogens with zero attached hydrogens (tertiary/aromatic N) is 5. The van der Waals surface area contributed by atoms with E-state index in [1.165, 1.54) is 0 Å². The molecule has 8 nitrogen and oxygen atoms in total. The van der Waals surface area contributed by atoms with Crippen molar-refractivity contribution in [3.8, 4) is 17.1 Å². The van der Waals surface area contributed by atoms with E-state index in [2.05, 4.69) is 49.9 Å². The predicted octanol–water partition coefficient (Wildman–Crippen LogP) is 5.03. The number of aryl methyl sites for hydroxylation is 1. The van der Waals surface area contributed by atoms with E-state index < -0.39 is 0 Å². The number of fused-ring (bicyclic) bond motifs is 1. The monoisotopic (exact) mass is 444 g/mol. The predicted molar refractivity (Wildman–Crippen MR) is 128 cm³/mol. The Morgan fingerprint density at radius 3 is 2.42 bits per heavy atom. The Kier molecular flexibility index (Phi) is 5.61. The lowest BCUT2D eigenvalue weighted by Gasteiger charge is -2.20. The molecule has 3 heterocycles. The molecule has 0 atom stereocenters. The van der Waals surface area contributed by atoms with Gasteiger partial charge >= 0.3 is 0 Å². The summed E-state index contributed by atoms with van der Waals surface area (Å²) in [5.41, 5.74) is 3.69. The Morgan fingerprint density at radius 2 is 1.82 bits per heavy atom. The Hall–Kier alpha value is -3.81. The van der Waals surface area contributed by atoms with E-state index in [1.54, 1.807) is 30.6 Å². The summed E-state index contributed by atoms with van der Waals surface area (Å²) in [7, 11) is 0. The second-order valence-electron chi connectivity index (χ2n) is 9.42. The van der Waals surface area contributed by atoms with Gasteiger partial charge in [-0.2, -0.15) is 5.10 Å². The zero-order valence-corrected chi connectivity index (χ0v) is 19.7. The molecule has 4 aromatic rings. The average Bonchev–Trinajstić information content (AvgIpc) is 3.10. The van der Waals surface area contributed by atoms with Crippen LogP contribution < -0.4 is 5.32 Å². The molecule has 0 radical (unpaired) electrons. The fraction of sp³-hybridized carbons (Fsp3) is 0.320. The molecule has 0 aliphatic rings. The number of carbonyl (C=O) groups is 1. The summed E-state index contributed by atoms with van der Waals surface area (Å²) in [6, 6.07) is 8.55. The summed E-state index contributed by atoms with van der Waals surface area (Å²) >= 11 is 0. The molecule has 0 saturated heterocycles. The third kappa shape index (κ3) is 4.41. The van der Waals surface area contributed by atoms with Crippen LogP contribution in [0.15, 0.2) is 42.7 Å². The van der Waals surface area contributed by atoms with Gasteiger partial charge in [-0.1, -0.05) is 26.0 Å². The first-order chi connectivity index (χ1) is 15.5. The van der Waals surface area contributed by atoms with E-state index in [0.717, 1.165) is 16.8 Å². The molecule has 170 valence electrons. The number of pyridine rings is 1. The lowest BCUT2D eigenvalue weighted by atomic mass is 10.0. The molecule has 0 spiro atoms. The van der Waals surface area contributed by atoms with E-state index in [4.69, 9.17) is 10.1 Å². The lowest BCUT2D eigenvalue weighted by Crippen LogP contribution is -2.24. The van der Waals surface area contributed by atoms with E-state index in [-0.39, 0.29) is 23.1 Å². The standard InChI is InChI=1S/C25H28N6O2/c1-14(2)20-11-19(21-15(3)30-31(23(21)29-20)25(4,5)6)24(33)28-17-12-26-22(27-13-17)16-8-7-9-18(32)10-16/h7-14,32H,1-6H3,(H,28,33). The molecule has 0 saturated carbocycles. The highest BCUT2D eigenvalue weighted by molar-refractivity contribution is 6.12. The molecule has 0 unspecified atom stereocenters. The van der Waals surface area contributed by atoms with Crippen LogP contribution in [0.4, 0.5) is 5.69 Å². The summed E-state index contributed by atoms with van der Waals surface area (Å²) in [6.07, 6.45) is 3.11. The van der Waals surface area contributed by atoms with E-state index in [1.807, 2.05) is 23.7 Å². The largest absolute Gasteiger partial charge is 0.508 e. The van der Waals surface area contributed by atoms with Gasteiger partial charge in [0.25, 0.3) is 5.91 Å². The Bertz CT molecular complexity index is 1330. The molecule has 2 N–H and O–H groups in total. The quantitative estimate of drug-likeness (QED) is 0.457. The third-order valence-electron chi connectivity index (χ3n) is 5.32. The van der Waals surface area contributed by atoms with Gasteiger partial charge in [0, 0.05) is 11.3 Å². The van der Waals surface area contributed by atoms with Gasteiger partial charge in [-0.3, -0.25) is 4.79 Å². The lowest BCUT2D eigenvalue weighted by molar-refractivity contribution is 0.102. The minimum atomic E-state index is -0.279. The number of nitrogens with one attached hydrogen (secondary N) is 1. The number of amides is 1. The van der Waals surface area contributed by atoms with Gasteiger partial charge < -0.3 is 10.4 Å². The molecular formula is C25H28N6O2. The summed E-state index contributed by atoms with van der Waals surface area (Å²) in [6.45, 7) is 12.2. The van der Waals surface area contributed by atoms with Gasteiger partial charge in [-0.15, -0.1) is 0 Å². The summed E-state index contributed by atoms with van der Waals surface area (Å²) in [5, 5.41) is 18.0. The maximum Gasteiger partial charge on any atom is 0.256 e. The van der Waals surface area contributed by atoms with Gasteiger partial charge in [-0.25, -0.2) is 19.6 Å². The fourth-order valence-corrected chi connectivity index (χ4v) is 3.64. The first-order valence-corrected chi connectivity index (χ1v) is 10.9. The van der Waals surface area contributed by atoms with Crippen molar-refractivity contribution in [2.24, 2.45) is 0 Å². The number of aromatic nitrogens is 5. The molecule has 1 amide bonds. The van der Waals surface area contributed by atoms with Crippen molar-refractivity contribution >= 4 is 22.6 Å². The van der Waals surface area contributed by atoms with E-state index >= 15 is 0 Å². The van der Waals surface area contributed by atoms with Crippen LogP contribution in [-0.4, -0.2) is 35.7 Å². The molecule has 8 heteroatoms. The molecule has 0 fully saturated rings. The normalized spacial score (nSPS) is 11.8. The Morgan fingerprint density at radius 1 is 1.12 bits per heavy atom. The maximum atomic E-state index is 13.3. The summed E-state index contributed by atoms with van der Waals surface area (Å²) < 4.78 is 1.88. The minimum absolute atomic E-state index is 0.141. The van der Waals surface area contributed by atoms with Crippen LogP contribution in [0.2, 0.25) is 0 Å². The number of rotatable bonds is 4. The molecule has 1 aromatic carbocycles. The fourth-order valence-electron chi connectivity index (χ4n) is 3.64. The Labute approximate surface area is 192 Å². The first-order valence-electron chi connectivity index (χ1n) is 10.9. The molecule has 3 aromatic heterocycles. The number of phenols is 1. The van der Waals surface area contributed by atoms with Crippen LogP contribution in [0.1, 0.15) is 62.3 Å². The second-order valence-corrected chi connectivity index (χ2v) is 9.42. The van der Waals surface area contributed by atoms with Crippen molar-refractivity contribution in [3.63, 3.8) is 0 Å². The summed E-state index contributed by atoms with van der Waals surface area (Å²) in [5.74, 6) is 0.478. The van der Waals surface area contributed by atoms with E-state index in [0.29, 0.717) is 28.3 Å². The van der Waals surface area contributed by atoms with Gasteiger partial charge in [-0.05, 0) is 51.8 Å². The highest BCUT2D eigenvalue weighted by Crippen LogP contribution is 2.29. The average molecular weight is 445 g/mol. The molecular weight excluding hydrogens is 416 g/mol. The van der Waals surface area contributed by atoms with Crippen LogP contribution in [0.25, 0.3) is 22.4 Å². The number of phenolic OH excluding ortho intramolecular Hbond substituents is 1. The maximum absolute atomic E-state index is 13.3. The first kappa shape index (κ1) is 22.4. The van der Waals surface area contributed by atoms with Crippen molar-refractivity contribution in [2.75, 3.05) is 5.32 Å². The minimum Gasteiger partial charge on any atom is -0.508 e. The van der Waals surface area contributed by atoms with Gasteiger partial charge in [0.15, 0.2) is 11.5 Å². The number of hydrogen-bond donors (Lipinski definition) is 2. The Balaban J connectivity index is 1.71. The van der Waals surface area contributed by atoms with Gasteiger partial charge in [0.05, 0.1) is 40.3 Å². The molecule has 0 aliphatic heterocycles. The van der Waals surface area contributed by atoms with Crippen molar-refractivity contribution in [1.29, 1.82) is 0 Å². The van der Waals surface area contributed by atoms with Gasteiger partial charge in [0.2, 0.25) is 0 Å². The highest BCUT2D eigenvalue weighted by Gasteiger charge is 2.25. The zero-order chi connectivity index (χ0) is 23.9. The zero-order valence-electron chi connectivity index (χ0n) is 19.7. The highest BCUT2D eigenvalue weighted by atomic mass is 16.3. The SMILES string of the molecule is Cc1nn(C(C)(C)C)c2nc(C(C)C)cc(C(=O)Nc3cnc(-c4cccc(O)c4)nc3)c12. The number of benzene rings is 1. The third-order valence-corrected chi connectivity index (χ3v) is 5.32. The second kappa shape index (κ2) is 8.27.